The molecule has 0 radical (unpaired) electrons. The van der Waals surface area contributed by atoms with E-state index in [2.05, 4.69) is 11.1 Å². The highest BCUT2D eigenvalue weighted by Crippen LogP contribution is 2.12. The zero-order valence-corrected chi connectivity index (χ0v) is 6.33. The van der Waals surface area contributed by atoms with Crippen molar-refractivity contribution in [2.75, 3.05) is 0 Å². The molecule has 1 heteroatoms. The van der Waals surface area contributed by atoms with Crippen LogP contribution in [0, 0.1) is 6.92 Å². The molecule has 0 aliphatic rings. The van der Waals surface area contributed by atoms with Gasteiger partial charge in [0.2, 0.25) is 0 Å². The Kier molecular flexibility index (Phi) is 1.13. The number of pyridine rings is 1. The Morgan fingerprint density at radius 1 is 1.27 bits per heavy atom. The molecule has 0 atom stereocenters. The number of hydrogen-bond acceptors (Lipinski definition) is 1. The van der Waals surface area contributed by atoms with Crippen molar-refractivity contribution >= 4 is 10.8 Å². The molecule has 0 unspecified atom stereocenters. The first kappa shape index (κ1) is 5.30. The predicted molar refractivity (Wildman–Crippen MR) is 46.5 cm³/mol. The highest BCUT2D eigenvalue weighted by atomic mass is 14.6. The number of nitrogens with zero attached hydrogens (tertiary/aromatic N) is 1. The molecule has 11 heavy (non-hydrogen) atoms. The van der Waals surface area contributed by atoms with E-state index in [9.17, 15) is 0 Å². The quantitative estimate of drug-likeness (QED) is 0.553. The van der Waals surface area contributed by atoms with Crippen molar-refractivity contribution in [2.24, 2.45) is 0 Å². The summed E-state index contributed by atoms with van der Waals surface area (Å²) in [7, 11) is 0. The number of hydrogen-bond donors (Lipinski definition) is 0. The lowest BCUT2D eigenvalue weighted by Crippen LogP contribution is -1.75. The minimum absolute atomic E-state index is 0.354. The van der Waals surface area contributed by atoms with Crippen LogP contribution in [0.3, 0.4) is 0 Å². The van der Waals surface area contributed by atoms with E-state index >= 15 is 0 Å². The van der Waals surface area contributed by atoms with Gasteiger partial charge in [0.25, 0.3) is 0 Å². The van der Waals surface area contributed by atoms with E-state index in [0.29, 0.717) is 6.17 Å². The fraction of sp³-hybridized carbons (Fsp3) is 0.100. The van der Waals surface area contributed by atoms with Gasteiger partial charge >= 0.3 is 0 Å². The van der Waals surface area contributed by atoms with Crippen molar-refractivity contribution in [1.29, 1.82) is 0 Å². The van der Waals surface area contributed by atoms with Crippen LogP contribution in [0.5, 0.6) is 0 Å². The summed E-state index contributed by atoms with van der Waals surface area (Å²) in [6.45, 7) is 2.05. The topological polar surface area (TPSA) is 12.9 Å². The number of rotatable bonds is 0. The Bertz CT molecular complexity index is 423. The second kappa shape index (κ2) is 2.35. The summed E-state index contributed by atoms with van der Waals surface area (Å²) < 4.78 is 7.52. The molecule has 1 heterocycles. The van der Waals surface area contributed by atoms with Gasteiger partial charge in [0, 0.05) is 17.8 Å². The smallest absolute Gasteiger partial charge is 0.0847 e. The van der Waals surface area contributed by atoms with Gasteiger partial charge in [-0.05, 0) is 18.4 Å². The molecule has 1 aromatic heterocycles. The fourth-order valence-corrected chi connectivity index (χ4v) is 1.15. The summed E-state index contributed by atoms with van der Waals surface area (Å²) >= 11 is 0. The molecule has 0 bridgehead atoms. The lowest BCUT2D eigenvalue weighted by molar-refractivity contribution is 1.36. The first-order valence-electron chi connectivity index (χ1n) is 4.09. The maximum absolute atomic E-state index is 7.52. The SMILES string of the molecule is [2H]c1nccc2cc(C)ccc12. The zero-order valence-electron chi connectivity index (χ0n) is 7.33. The Hall–Kier alpha value is -1.37. The minimum Gasteiger partial charge on any atom is -0.264 e. The van der Waals surface area contributed by atoms with Gasteiger partial charge < -0.3 is 0 Å². The van der Waals surface area contributed by atoms with Gasteiger partial charge in [0.15, 0.2) is 0 Å². The van der Waals surface area contributed by atoms with Crippen LogP contribution in [0.2, 0.25) is 0 Å². The molecule has 0 aliphatic carbocycles. The molecule has 0 N–H and O–H groups in total. The molecule has 2 aromatic rings. The van der Waals surface area contributed by atoms with Gasteiger partial charge in [-0.15, -0.1) is 0 Å². The van der Waals surface area contributed by atoms with E-state index in [0.717, 1.165) is 10.8 Å². The summed E-state index contributed by atoms with van der Waals surface area (Å²) in [5, 5.41) is 2.01. The van der Waals surface area contributed by atoms with Gasteiger partial charge in [0.1, 0.15) is 0 Å². The summed E-state index contributed by atoms with van der Waals surface area (Å²) in [6.07, 6.45) is 2.02. The molecule has 1 nitrogen and oxygen atoms in total. The van der Waals surface area contributed by atoms with Crippen LogP contribution >= 0.6 is 0 Å². The van der Waals surface area contributed by atoms with Crippen molar-refractivity contribution < 1.29 is 1.37 Å². The monoisotopic (exact) mass is 144 g/mol. The van der Waals surface area contributed by atoms with Crippen molar-refractivity contribution in [3.8, 4) is 0 Å². The zero-order chi connectivity index (χ0) is 8.55. The van der Waals surface area contributed by atoms with Gasteiger partial charge in [-0.25, -0.2) is 0 Å². The Labute approximate surface area is 67.1 Å². The molecule has 0 fully saturated rings. The maximum Gasteiger partial charge on any atom is 0.0847 e. The van der Waals surface area contributed by atoms with E-state index < -0.39 is 0 Å². The highest BCUT2D eigenvalue weighted by molar-refractivity contribution is 5.81. The largest absolute Gasteiger partial charge is 0.264 e. The third-order valence-corrected chi connectivity index (χ3v) is 1.72. The summed E-state index contributed by atoms with van der Waals surface area (Å²) in [5.41, 5.74) is 1.22. The molecule has 0 amide bonds. The van der Waals surface area contributed by atoms with E-state index in [1.807, 2.05) is 25.1 Å². The number of fused-ring (bicyclic) bond motifs is 1. The number of aromatic nitrogens is 1. The first-order valence-corrected chi connectivity index (χ1v) is 3.59. The van der Waals surface area contributed by atoms with Crippen molar-refractivity contribution in [3.63, 3.8) is 0 Å². The van der Waals surface area contributed by atoms with E-state index in [1.165, 1.54) is 5.56 Å². The lowest BCUT2D eigenvalue weighted by Gasteiger charge is -1.96. The van der Waals surface area contributed by atoms with Crippen molar-refractivity contribution in [2.45, 2.75) is 6.92 Å². The van der Waals surface area contributed by atoms with Crippen LogP contribution in [0.15, 0.2) is 36.6 Å². The molecule has 2 rings (SSSR count). The highest BCUT2D eigenvalue weighted by Gasteiger charge is 1.90. The van der Waals surface area contributed by atoms with E-state index in [4.69, 9.17) is 1.37 Å². The Morgan fingerprint density at radius 2 is 2.18 bits per heavy atom. The average molecular weight is 144 g/mol. The second-order valence-corrected chi connectivity index (χ2v) is 2.65. The van der Waals surface area contributed by atoms with Crippen LogP contribution in [-0.4, -0.2) is 4.98 Å². The van der Waals surface area contributed by atoms with Crippen LogP contribution in [-0.2, 0) is 0 Å². The summed E-state index contributed by atoms with van der Waals surface area (Å²) in [4.78, 5) is 3.90. The Morgan fingerprint density at radius 3 is 3.09 bits per heavy atom. The van der Waals surface area contributed by atoms with E-state index in [1.54, 1.807) is 6.20 Å². The standard InChI is InChI=1S/C10H9N/c1-8-2-3-10-7-11-5-4-9(10)6-8/h2-7H,1H3/i7D. The van der Waals surface area contributed by atoms with Crippen LogP contribution in [0.1, 0.15) is 6.93 Å². The normalized spacial score (nSPS) is 11.5. The number of aryl methyl sites for hydroxylation is 1. The summed E-state index contributed by atoms with van der Waals surface area (Å²) in [6, 6.07) is 7.94. The summed E-state index contributed by atoms with van der Waals surface area (Å²) in [5.74, 6) is 0. The van der Waals surface area contributed by atoms with Crippen molar-refractivity contribution in [3.05, 3.63) is 42.2 Å². The van der Waals surface area contributed by atoms with Crippen LogP contribution in [0.25, 0.3) is 10.8 Å². The van der Waals surface area contributed by atoms with Gasteiger partial charge in [-0.3, -0.25) is 4.98 Å². The molecule has 0 aliphatic heterocycles. The second-order valence-electron chi connectivity index (χ2n) is 2.65. The first-order chi connectivity index (χ1) is 5.77. The molecular formula is C10H9N. The third kappa shape index (κ3) is 1.09. The lowest BCUT2D eigenvalue weighted by atomic mass is 10.1. The van der Waals surface area contributed by atoms with E-state index in [-0.39, 0.29) is 0 Å². The fourth-order valence-electron chi connectivity index (χ4n) is 1.15. The Balaban J connectivity index is 2.86. The molecule has 0 saturated heterocycles. The predicted octanol–water partition coefficient (Wildman–Crippen LogP) is 2.54. The molecule has 1 aromatic carbocycles. The van der Waals surface area contributed by atoms with Crippen LogP contribution < -0.4 is 0 Å². The average Bonchev–Trinajstić information content (AvgIpc) is 2.04. The molecule has 0 spiro atoms. The van der Waals surface area contributed by atoms with Crippen molar-refractivity contribution in [1.82, 2.24) is 4.98 Å². The van der Waals surface area contributed by atoms with Crippen LogP contribution in [0.4, 0.5) is 0 Å². The molecule has 0 saturated carbocycles. The van der Waals surface area contributed by atoms with Gasteiger partial charge in [-0.2, -0.15) is 0 Å². The number of benzene rings is 1. The molecule has 54 valence electrons. The molecular weight excluding hydrogens is 134 g/mol. The third-order valence-electron chi connectivity index (χ3n) is 1.72. The maximum atomic E-state index is 7.52. The van der Waals surface area contributed by atoms with Gasteiger partial charge in [-0.1, -0.05) is 23.8 Å². The van der Waals surface area contributed by atoms with Gasteiger partial charge in [0.05, 0.1) is 1.37 Å². The minimum atomic E-state index is 0.354.